The quantitative estimate of drug-likeness (QED) is 0.385. The van der Waals surface area contributed by atoms with Gasteiger partial charge in [0.2, 0.25) is 0 Å². The highest BCUT2D eigenvalue weighted by Gasteiger charge is 2.21. The summed E-state index contributed by atoms with van der Waals surface area (Å²) < 4.78 is 0. The molecule has 0 saturated carbocycles. The average Bonchev–Trinajstić information content (AvgIpc) is 2.72. The SMILES string of the molecule is CC(C)C1CCCN(c2cnccc2/C(N)=N/O)CC1. The average molecular weight is 276 g/mol. The fraction of sp³-hybridized carbons (Fsp3) is 0.600. The highest BCUT2D eigenvalue weighted by Crippen LogP contribution is 2.28. The normalized spacial score (nSPS) is 21.1. The van der Waals surface area contributed by atoms with Gasteiger partial charge in [0, 0.05) is 24.8 Å². The summed E-state index contributed by atoms with van der Waals surface area (Å²) >= 11 is 0. The highest BCUT2D eigenvalue weighted by atomic mass is 16.4. The summed E-state index contributed by atoms with van der Waals surface area (Å²) in [5, 5.41) is 12.0. The Morgan fingerprint density at radius 3 is 2.95 bits per heavy atom. The van der Waals surface area contributed by atoms with Crippen LogP contribution in [0.2, 0.25) is 0 Å². The van der Waals surface area contributed by atoms with Gasteiger partial charge in [0.1, 0.15) is 0 Å². The molecule has 0 bridgehead atoms. The number of amidine groups is 1. The Kier molecular flexibility index (Phi) is 4.82. The molecule has 0 radical (unpaired) electrons. The van der Waals surface area contributed by atoms with Gasteiger partial charge in [-0.3, -0.25) is 4.98 Å². The molecule has 0 spiro atoms. The van der Waals surface area contributed by atoms with Crippen LogP contribution in [0, 0.1) is 11.8 Å². The lowest BCUT2D eigenvalue weighted by molar-refractivity contribution is 0.318. The minimum absolute atomic E-state index is 0.145. The largest absolute Gasteiger partial charge is 0.409 e. The van der Waals surface area contributed by atoms with Gasteiger partial charge < -0.3 is 15.8 Å². The minimum Gasteiger partial charge on any atom is -0.409 e. The number of rotatable bonds is 3. The third-order valence-electron chi connectivity index (χ3n) is 4.24. The first kappa shape index (κ1) is 14.6. The fourth-order valence-electron chi connectivity index (χ4n) is 2.94. The van der Waals surface area contributed by atoms with Crippen molar-refractivity contribution in [1.29, 1.82) is 0 Å². The van der Waals surface area contributed by atoms with Crippen LogP contribution in [0.4, 0.5) is 5.69 Å². The number of hydrogen-bond donors (Lipinski definition) is 2. The molecule has 1 aromatic rings. The topological polar surface area (TPSA) is 74.7 Å². The summed E-state index contributed by atoms with van der Waals surface area (Å²) in [6, 6.07) is 1.80. The first-order valence-electron chi connectivity index (χ1n) is 7.30. The van der Waals surface area contributed by atoms with Gasteiger partial charge in [0.25, 0.3) is 0 Å². The van der Waals surface area contributed by atoms with Gasteiger partial charge in [-0.15, -0.1) is 0 Å². The summed E-state index contributed by atoms with van der Waals surface area (Å²) in [5.41, 5.74) is 7.48. The zero-order valence-electron chi connectivity index (χ0n) is 12.3. The van der Waals surface area contributed by atoms with Crippen molar-refractivity contribution in [2.24, 2.45) is 22.7 Å². The Balaban J connectivity index is 2.20. The van der Waals surface area contributed by atoms with E-state index in [4.69, 9.17) is 10.9 Å². The molecule has 2 heterocycles. The molecule has 5 heteroatoms. The zero-order chi connectivity index (χ0) is 14.5. The molecule has 20 heavy (non-hydrogen) atoms. The van der Waals surface area contributed by atoms with Crippen LogP contribution in [0.25, 0.3) is 0 Å². The van der Waals surface area contributed by atoms with Crippen LogP contribution in [-0.2, 0) is 0 Å². The van der Waals surface area contributed by atoms with Gasteiger partial charge in [0.05, 0.1) is 11.9 Å². The predicted octanol–water partition coefficient (Wildman–Crippen LogP) is 2.44. The summed E-state index contributed by atoms with van der Waals surface area (Å²) in [7, 11) is 0. The maximum absolute atomic E-state index is 8.91. The zero-order valence-corrected chi connectivity index (χ0v) is 12.3. The lowest BCUT2D eigenvalue weighted by Gasteiger charge is -2.25. The Hall–Kier alpha value is -1.78. The summed E-state index contributed by atoms with van der Waals surface area (Å²) in [6.07, 6.45) is 7.11. The number of aromatic nitrogens is 1. The van der Waals surface area contributed by atoms with Gasteiger partial charge in [-0.2, -0.15) is 0 Å². The van der Waals surface area contributed by atoms with Crippen LogP contribution in [0.3, 0.4) is 0 Å². The number of hydrogen-bond acceptors (Lipinski definition) is 4. The standard InChI is InChI=1S/C15H24N4O/c1-11(2)12-4-3-8-19(9-6-12)14-10-17-7-5-13(14)15(16)18-20/h5,7,10-12,20H,3-4,6,8-9H2,1-2H3,(H2,16,18). The second kappa shape index (κ2) is 6.59. The van der Waals surface area contributed by atoms with Crippen LogP contribution < -0.4 is 10.6 Å². The fourth-order valence-corrected chi connectivity index (χ4v) is 2.94. The molecule has 0 aromatic carbocycles. The third-order valence-corrected chi connectivity index (χ3v) is 4.24. The van der Waals surface area contributed by atoms with E-state index >= 15 is 0 Å². The minimum atomic E-state index is 0.145. The van der Waals surface area contributed by atoms with Crippen molar-refractivity contribution in [3.05, 3.63) is 24.0 Å². The van der Waals surface area contributed by atoms with Crippen LogP contribution >= 0.6 is 0 Å². The number of anilines is 1. The van der Waals surface area contributed by atoms with E-state index in [0.29, 0.717) is 0 Å². The van der Waals surface area contributed by atoms with Gasteiger partial charge in [0.15, 0.2) is 5.84 Å². The maximum atomic E-state index is 8.91. The Morgan fingerprint density at radius 2 is 2.25 bits per heavy atom. The number of pyridine rings is 1. The number of nitrogens with zero attached hydrogens (tertiary/aromatic N) is 3. The van der Waals surface area contributed by atoms with Gasteiger partial charge in [-0.25, -0.2) is 0 Å². The first-order valence-corrected chi connectivity index (χ1v) is 7.30. The van der Waals surface area contributed by atoms with Gasteiger partial charge in [-0.05, 0) is 37.2 Å². The molecular formula is C15H24N4O. The van der Waals surface area contributed by atoms with E-state index in [1.807, 2.05) is 6.20 Å². The van der Waals surface area contributed by atoms with Gasteiger partial charge >= 0.3 is 0 Å². The Labute approximate surface area is 120 Å². The van der Waals surface area contributed by atoms with E-state index in [9.17, 15) is 0 Å². The van der Waals surface area contributed by atoms with Crippen molar-refractivity contribution in [3.8, 4) is 0 Å². The van der Waals surface area contributed by atoms with Crippen LogP contribution in [-0.4, -0.2) is 29.1 Å². The molecule has 3 N–H and O–H groups in total. The molecule has 0 aliphatic carbocycles. The first-order chi connectivity index (χ1) is 9.63. The van der Waals surface area contributed by atoms with E-state index in [2.05, 4.69) is 28.9 Å². The molecule has 5 nitrogen and oxygen atoms in total. The molecule has 0 amide bonds. The lowest BCUT2D eigenvalue weighted by atomic mass is 9.89. The molecule has 1 aromatic heterocycles. The Morgan fingerprint density at radius 1 is 1.45 bits per heavy atom. The van der Waals surface area contributed by atoms with Crippen LogP contribution in [0.5, 0.6) is 0 Å². The van der Waals surface area contributed by atoms with E-state index in [1.165, 1.54) is 19.3 Å². The molecule has 1 fully saturated rings. The number of oxime groups is 1. The highest BCUT2D eigenvalue weighted by molar-refractivity contribution is 6.02. The summed E-state index contributed by atoms with van der Waals surface area (Å²) in [4.78, 5) is 6.50. The van der Waals surface area contributed by atoms with E-state index < -0.39 is 0 Å². The lowest BCUT2D eigenvalue weighted by Crippen LogP contribution is -2.28. The second-order valence-corrected chi connectivity index (χ2v) is 5.80. The van der Waals surface area contributed by atoms with Crippen molar-refractivity contribution >= 4 is 11.5 Å². The predicted molar refractivity (Wildman–Crippen MR) is 81.1 cm³/mol. The summed E-state index contributed by atoms with van der Waals surface area (Å²) in [5.74, 6) is 1.66. The van der Waals surface area contributed by atoms with Crippen LogP contribution in [0.1, 0.15) is 38.7 Å². The molecule has 1 unspecified atom stereocenters. The molecule has 2 rings (SSSR count). The Bertz CT molecular complexity index is 473. The van der Waals surface area contributed by atoms with Crippen molar-refractivity contribution in [2.45, 2.75) is 33.1 Å². The van der Waals surface area contributed by atoms with E-state index in [1.54, 1.807) is 12.3 Å². The van der Waals surface area contributed by atoms with Gasteiger partial charge in [-0.1, -0.05) is 19.0 Å². The molecule has 1 aliphatic rings. The smallest absolute Gasteiger partial charge is 0.172 e. The molecule has 110 valence electrons. The van der Waals surface area contributed by atoms with Crippen molar-refractivity contribution in [3.63, 3.8) is 0 Å². The maximum Gasteiger partial charge on any atom is 0.172 e. The van der Waals surface area contributed by atoms with Crippen molar-refractivity contribution < 1.29 is 5.21 Å². The molecular weight excluding hydrogens is 252 g/mol. The molecule has 1 aliphatic heterocycles. The number of nitrogens with two attached hydrogens (primary N) is 1. The molecule has 1 atom stereocenters. The monoisotopic (exact) mass is 276 g/mol. The molecule has 1 saturated heterocycles. The summed E-state index contributed by atoms with van der Waals surface area (Å²) in [6.45, 7) is 6.60. The van der Waals surface area contributed by atoms with E-state index in [0.717, 1.165) is 36.2 Å². The second-order valence-electron chi connectivity index (χ2n) is 5.80. The van der Waals surface area contributed by atoms with Crippen molar-refractivity contribution in [1.82, 2.24) is 4.98 Å². The third kappa shape index (κ3) is 3.21. The van der Waals surface area contributed by atoms with E-state index in [-0.39, 0.29) is 5.84 Å². The van der Waals surface area contributed by atoms with Crippen molar-refractivity contribution in [2.75, 3.05) is 18.0 Å². The van der Waals surface area contributed by atoms with Crippen LogP contribution in [0.15, 0.2) is 23.6 Å².